The van der Waals surface area contributed by atoms with Crippen molar-refractivity contribution in [3.8, 4) is 16.8 Å². The Hall–Kier alpha value is -6.33. The van der Waals surface area contributed by atoms with Crippen LogP contribution in [0.2, 0.25) is 0 Å². The lowest BCUT2D eigenvalue weighted by Crippen LogP contribution is -2.26. The molecule has 48 heavy (non-hydrogen) atoms. The molecule has 0 aliphatic heterocycles. The van der Waals surface area contributed by atoms with Crippen LogP contribution in [-0.2, 0) is 0 Å². The predicted molar refractivity (Wildman–Crippen MR) is 196 cm³/mol. The topological polar surface area (TPSA) is 40.3 Å². The summed E-state index contributed by atoms with van der Waals surface area (Å²) in [6.45, 7) is 0. The van der Waals surface area contributed by atoms with Crippen LogP contribution < -0.4 is 10.6 Å². The Balaban J connectivity index is 1.08. The summed E-state index contributed by atoms with van der Waals surface area (Å²) in [6.07, 6.45) is 5.55. The Kier molecular flexibility index (Phi) is 5.16. The number of benzene rings is 6. The van der Waals surface area contributed by atoms with E-state index in [0.29, 0.717) is 0 Å². The van der Waals surface area contributed by atoms with Gasteiger partial charge in [-0.25, -0.2) is 4.98 Å². The zero-order valence-electron chi connectivity index (χ0n) is 25.9. The van der Waals surface area contributed by atoms with E-state index in [-0.39, 0.29) is 6.04 Å². The predicted octanol–water partition coefficient (Wildman–Crippen LogP) is 9.16. The number of imidazole rings is 2. The Bertz CT molecular complexity index is 3010. The molecular weight excluding hydrogens is 589 g/mol. The third-order valence-corrected chi connectivity index (χ3v) is 10.2. The van der Waals surface area contributed by atoms with Crippen LogP contribution in [0.15, 0.2) is 144 Å². The van der Waals surface area contributed by atoms with Crippen LogP contribution in [0.25, 0.3) is 89.6 Å². The van der Waals surface area contributed by atoms with E-state index in [9.17, 15) is 0 Å². The smallest absolute Gasteiger partial charge is 0.220 e. The number of para-hydroxylation sites is 6. The van der Waals surface area contributed by atoms with Crippen molar-refractivity contribution < 1.29 is 4.42 Å². The standard InChI is InChI=1S/C43H28N4O/c1-4-15-36-31(12-1)32-13-2-5-16-37(32)45(36)30-21-23-42-34(26-30)33-25-28(20-22-41(33)48-42)27-10-9-11-29(24-27)46-39-18-7-8-19-40(39)47-38-17-6-3-14-35(38)44-43(46)47/h1-20,22-26,30H,21H2. The summed E-state index contributed by atoms with van der Waals surface area (Å²) >= 11 is 0. The van der Waals surface area contributed by atoms with Crippen LogP contribution in [0.3, 0.4) is 0 Å². The SMILES string of the molecule is C1=c2oc3ccc(-c4cccc(-n5c6ccccc6n6c7ccccc7nc56)c4)cc3c2=CC(n2c3ccccc3c3ccccc32)C1. The minimum absolute atomic E-state index is 0.185. The summed E-state index contributed by atoms with van der Waals surface area (Å²) in [5.74, 6) is 0.912. The molecule has 0 N–H and O–H groups in total. The second-order valence-corrected chi connectivity index (χ2v) is 12.8. The van der Waals surface area contributed by atoms with Crippen molar-refractivity contribution in [1.82, 2.24) is 18.5 Å². The maximum Gasteiger partial charge on any atom is 0.220 e. The lowest BCUT2D eigenvalue weighted by atomic mass is 10.0. The monoisotopic (exact) mass is 616 g/mol. The van der Waals surface area contributed by atoms with Gasteiger partial charge < -0.3 is 8.98 Å². The van der Waals surface area contributed by atoms with Gasteiger partial charge in [0.2, 0.25) is 5.78 Å². The summed E-state index contributed by atoms with van der Waals surface area (Å²) < 4.78 is 13.5. The quantitative estimate of drug-likeness (QED) is 0.199. The molecule has 0 spiro atoms. The normalized spacial score (nSPS) is 14.7. The number of aromatic nitrogens is 4. The van der Waals surface area contributed by atoms with E-state index < -0.39 is 0 Å². The van der Waals surface area contributed by atoms with E-state index in [4.69, 9.17) is 9.40 Å². The fraction of sp³-hybridized carbons (Fsp3) is 0.0465. The molecule has 0 amide bonds. The van der Waals surface area contributed by atoms with Crippen LogP contribution in [0, 0.1) is 0 Å². The first-order chi connectivity index (χ1) is 23.8. The van der Waals surface area contributed by atoms with E-state index in [2.05, 4.69) is 159 Å². The molecule has 1 atom stereocenters. The zero-order valence-corrected chi connectivity index (χ0v) is 25.9. The maximum atomic E-state index is 6.42. The molecule has 0 fully saturated rings. The zero-order chi connectivity index (χ0) is 31.3. The highest BCUT2D eigenvalue weighted by atomic mass is 16.3. The van der Waals surface area contributed by atoms with E-state index >= 15 is 0 Å². The second-order valence-electron chi connectivity index (χ2n) is 12.8. The Labute approximate surface area is 274 Å². The molecule has 5 nitrogen and oxygen atoms in total. The van der Waals surface area contributed by atoms with Crippen molar-refractivity contribution in [3.05, 3.63) is 150 Å². The van der Waals surface area contributed by atoms with Crippen LogP contribution in [0.5, 0.6) is 0 Å². The lowest BCUT2D eigenvalue weighted by Gasteiger charge is -2.18. The first kappa shape index (κ1) is 25.8. The van der Waals surface area contributed by atoms with Gasteiger partial charge in [0, 0.05) is 38.1 Å². The van der Waals surface area contributed by atoms with Gasteiger partial charge in [-0.1, -0.05) is 78.9 Å². The number of fused-ring (bicyclic) bond motifs is 11. The molecule has 1 aliphatic rings. The van der Waals surface area contributed by atoms with Crippen molar-refractivity contribution in [2.45, 2.75) is 12.5 Å². The third-order valence-electron chi connectivity index (χ3n) is 10.2. The molecule has 1 unspecified atom stereocenters. The molecule has 0 saturated heterocycles. The molecule has 1 aliphatic carbocycles. The largest absolute Gasteiger partial charge is 0.456 e. The maximum absolute atomic E-state index is 6.42. The van der Waals surface area contributed by atoms with Crippen molar-refractivity contribution >= 4 is 72.8 Å². The summed E-state index contributed by atoms with van der Waals surface area (Å²) in [4.78, 5) is 5.08. The van der Waals surface area contributed by atoms with E-state index in [1.165, 1.54) is 27.0 Å². The van der Waals surface area contributed by atoms with Crippen LogP contribution in [0.1, 0.15) is 12.5 Å². The molecule has 0 bridgehead atoms. The second kappa shape index (κ2) is 9.60. The van der Waals surface area contributed by atoms with Gasteiger partial charge in [0.25, 0.3) is 0 Å². The van der Waals surface area contributed by atoms with Gasteiger partial charge in [-0.2, -0.15) is 0 Å². The van der Waals surface area contributed by atoms with Crippen molar-refractivity contribution in [2.24, 2.45) is 0 Å². The average molecular weight is 617 g/mol. The third kappa shape index (κ3) is 3.53. The molecule has 226 valence electrons. The first-order valence-electron chi connectivity index (χ1n) is 16.5. The minimum Gasteiger partial charge on any atom is -0.456 e. The van der Waals surface area contributed by atoms with Gasteiger partial charge >= 0.3 is 0 Å². The number of hydrogen-bond donors (Lipinski definition) is 0. The van der Waals surface area contributed by atoms with Crippen molar-refractivity contribution in [1.29, 1.82) is 0 Å². The number of furan rings is 1. The fourth-order valence-corrected chi connectivity index (χ4v) is 8.05. The Morgan fingerprint density at radius 2 is 1.27 bits per heavy atom. The average Bonchev–Trinajstić information content (AvgIpc) is 3.88. The molecule has 5 heteroatoms. The van der Waals surface area contributed by atoms with E-state index in [0.717, 1.165) is 67.5 Å². The molecule has 0 radical (unpaired) electrons. The van der Waals surface area contributed by atoms with Crippen LogP contribution in [-0.4, -0.2) is 18.5 Å². The minimum atomic E-state index is 0.185. The molecule has 4 aromatic heterocycles. The highest BCUT2D eigenvalue weighted by molar-refractivity contribution is 6.08. The highest BCUT2D eigenvalue weighted by Gasteiger charge is 2.20. The van der Waals surface area contributed by atoms with Gasteiger partial charge in [0.15, 0.2) is 0 Å². The van der Waals surface area contributed by atoms with Crippen LogP contribution >= 0.6 is 0 Å². The summed E-state index contributed by atoms with van der Waals surface area (Å²) in [7, 11) is 0. The molecule has 6 aromatic carbocycles. The van der Waals surface area contributed by atoms with E-state index in [1.54, 1.807) is 0 Å². The summed E-state index contributed by atoms with van der Waals surface area (Å²) in [5.41, 5.74) is 12.2. The van der Waals surface area contributed by atoms with Gasteiger partial charge in [0.1, 0.15) is 11.0 Å². The molecule has 0 saturated carbocycles. The molecule has 10 aromatic rings. The summed E-state index contributed by atoms with van der Waals surface area (Å²) in [6, 6.07) is 49.9. The molecular formula is C43H28N4O. The van der Waals surface area contributed by atoms with Crippen LogP contribution in [0.4, 0.5) is 0 Å². The molecule has 4 heterocycles. The van der Waals surface area contributed by atoms with E-state index in [1.807, 2.05) is 6.07 Å². The first-order valence-corrected chi connectivity index (χ1v) is 16.5. The lowest BCUT2D eigenvalue weighted by molar-refractivity contribution is 0.564. The number of rotatable bonds is 3. The molecule has 11 rings (SSSR count). The number of nitrogens with zero attached hydrogens (tertiary/aromatic N) is 4. The van der Waals surface area contributed by atoms with Crippen molar-refractivity contribution in [2.75, 3.05) is 0 Å². The Morgan fingerprint density at radius 1 is 0.583 bits per heavy atom. The fourth-order valence-electron chi connectivity index (χ4n) is 8.05. The van der Waals surface area contributed by atoms with Crippen molar-refractivity contribution in [3.63, 3.8) is 0 Å². The Morgan fingerprint density at radius 3 is 2.08 bits per heavy atom. The van der Waals surface area contributed by atoms with Gasteiger partial charge in [-0.05, 0) is 90.4 Å². The van der Waals surface area contributed by atoms with Gasteiger partial charge in [0.05, 0.1) is 28.1 Å². The highest BCUT2D eigenvalue weighted by Crippen LogP contribution is 2.35. The van der Waals surface area contributed by atoms with Gasteiger partial charge in [-0.3, -0.25) is 8.97 Å². The number of hydrogen-bond acceptors (Lipinski definition) is 2. The summed E-state index contributed by atoms with van der Waals surface area (Å²) in [5, 5.41) is 4.90. The van der Waals surface area contributed by atoms with Gasteiger partial charge in [-0.15, -0.1) is 0 Å².